The van der Waals surface area contributed by atoms with Crippen LogP contribution >= 0.6 is 11.3 Å². The highest BCUT2D eigenvalue weighted by molar-refractivity contribution is 7.17. The smallest absolute Gasteiger partial charge is 0.169 e. The van der Waals surface area contributed by atoms with Crippen molar-refractivity contribution in [2.45, 2.75) is 13.5 Å². The minimum absolute atomic E-state index is 0.0490. The van der Waals surface area contributed by atoms with E-state index in [2.05, 4.69) is 36.2 Å². The number of thiophene rings is 1. The molecule has 0 radical (unpaired) electrons. The molecule has 0 unspecified atom stereocenters. The predicted octanol–water partition coefficient (Wildman–Crippen LogP) is 7.07. The summed E-state index contributed by atoms with van der Waals surface area (Å²) in [4.78, 5) is 30.6. The van der Waals surface area contributed by atoms with Gasteiger partial charge in [0.2, 0.25) is 0 Å². The molecule has 0 amide bonds. The van der Waals surface area contributed by atoms with Crippen molar-refractivity contribution in [3.63, 3.8) is 0 Å². The van der Waals surface area contributed by atoms with Crippen molar-refractivity contribution in [2.24, 2.45) is 0 Å². The number of rotatable bonds is 7. The van der Waals surface area contributed by atoms with Crippen molar-refractivity contribution in [1.82, 2.24) is 30.1 Å². The predicted molar refractivity (Wildman–Crippen MR) is 156 cm³/mol. The topological polar surface area (TPSA) is 109 Å². The number of Topliss-reactive ketones (excluding diaryl/α,β-unsaturated/α-hetero) is 1. The van der Waals surface area contributed by atoms with Crippen molar-refractivity contribution in [2.75, 3.05) is 0 Å². The third-order valence-electron chi connectivity index (χ3n) is 6.70. The number of fused-ring (bicyclic) bond motifs is 2. The van der Waals surface area contributed by atoms with Gasteiger partial charge in [0.15, 0.2) is 11.4 Å². The standard InChI is InChI=1S/C31H22N6O2S/c1-18(38)27-7-8-28(40-27)30-23-13-26(35-25(23)9-10-33-30)29-24-12-21(15-34-31(24)37-36-29)20-11-22(16-32-14-20)39-17-19-5-3-2-4-6-19/h2-16,35H,17H2,1H3,(H,34,36,37). The highest BCUT2D eigenvalue weighted by Crippen LogP contribution is 2.36. The van der Waals surface area contributed by atoms with Gasteiger partial charge >= 0.3 is 0 Å². The lowest BCUT2D eigenvalue weighted by Crippen LogP contribution is -1.96. The first-order chi connectivity index (χ1) is 19.6. The van der Waals surface area contributed by atoms with E-state index < -0.39 is 0 Å². The number of ether oxygens (including phenoxy) is 1. The zero-order valence-corrected chi connectivity index (χ0v) is 22.2. The molecule has 6 aromatic heterocycles. The number of ketones is 1. The van der Waals surface area contributed by atoms with Gasteiger partial charge in [-0.3, -0.25) is 19.9 Å². The minimum atomic E-state index is 0.0490. The van der Waals surface area contributed by atoms with Crippen LogP contribution < -0.4 is 4.74 Å². The van der Waals surface area contributed by atoms with Crippen molar-refractivity contribution >= 4 is 39.1 Å². The van der Waals surface area contributed by atoms with Crippen LogP contribution in [0.4, 0.5) is 0 Å². The quantitative estimate of drug-likeness (QED) is 0.208. The fourth-order valence-corrected chi connectivity index (χ4v) is 5.61. The molecule has 0 spiro atoms. The molecule has 0 saturated carbocycles. The number of hydrogen-bond donors (Lipinski definition) is 2. The number of nitrogens with one attached hydrogen (secondary N) is 2. The second-order valence-electron chi connectivity index (χ2n) is 9.40. The molecular formula is C31H22N6O2S. The Labute approximate surface area is 232 Å². The first-order valence-electron chi connectivity index (χ1n) is 12.7. The molecule has 0 aliphatic heterocycles. The van der Waals surface area contributed by atoms with Crippen molar-refractivity contribution in [3.05, 3.63) is 102 Å². The number of H-pyrrole nitrogens is 2. The molecule has 40 heavy (non-hydrogen) atoms. The lowest BCUT2D eigenvalue weighted by molar-refractivity contribution is 0.102. The largest absolute Gasteiger partial charge is 0.487 e. The van der Waals surface area contributed by atoms with Crippen LogP contribution in [0.15, 0.2) is 91.5 Å². The molecule has 0 saturated heterocycles. The number of aromatic nitrogens is 6. The van der Waals surface area contributed by atoms with E-state index in [-0.39, 0.29) is 5.78 Å². The molecule has 6 heterocycles. The van der Waals surface area contributed by atoms with Crippen LogP contribution in [0.25, 0.3) is 55.0 Å². The minimum Gasteiger partial charge on any atom is -0.487 e. The molecule has 2 N–H and O–H groups in total. The number of hydrogen-bond acceptors (Lipinski definition) is 7. The molecule has 1 aromatic carbocycles. The highest BCUT2D eigenvalue weighted by Gasteiger charge is 2.17. The summed E-state index contributed by atoms with van der Waals surface area (Å²) in [6.07, 6.45) is 7.09. The van der Waals surface area contributed by atoms with E-state index in [9.17, 15) is 4.79 Å². The summed E-state index contributed by atoms with van der Waals surface area (Å²) in [5.41, 5.74) is 6.94. The van der Waals surface area contributed by atoms with Crippen LogP contribution in [0.5, 0.6) is 5.75 Å². The van der Waals surface area contributed by atoms with Gasteiger partial charge in [0, 0.05) is 46.0 Å². The van der Waals surface area contributed by atoms with Crippen LogP contribution in [0.2, 0.25) is 0 Å². The Morgan fingerprint density at radius 2 is 1.77 bits per heavy atom. The lowest BCUT2D eigenvalue weighted by Gasteiger charge is -2.08. The van der Waals surface area contributed by atoms with Gasteiger partial charge in [0.05, 0.1) is 27.3 Å². The average Bonchev–Trinajstić information content (AvgIpc) is 3.74. The van der Waals surface area contributed by atoms with Gasteiger partial charge in [-0.15, -0.1) is 11.3 Å². The van der Waals surface area contributed by atoms with Gasteiger partial charge in [0.25, 0.3) is 0 Å². The Morgan fingerprint density at radius 1 is 0.900 bits per heavy atom. The zero-order valence-electron chi connectivity index (χ0n) is 21.4. The third-order valence-corrected chi connectivity index (χ3v) is 7.89. The second-order valence-corrected chi connectivity index (χ2v) is 10.5. The molecule has 9 heteroatoms. The van der Waals surface area contributed by atoms with Gasteiger partial charge in [-0.05, 0) is 48.9 Å². The van der Waals surface area contributed by atoms with E-state index in [4.69, 9.17) is 4.74 Å². The van der Waals surface area contributed by atoms with Crippen LogP contribution in [-0.4, -0.2) is 35.9 Å². The zero-order chi connectivity index (χ0) is 27.1. The number of carbonyl (C=O) groups excluding carboxylic acids is 1. The number of carbonyl (C=O) groups is 1. The average molecular weight is 543 g/mol. The molecule has 8 nitrogen and oxygen atoms in total. The molecule has 194 valence electrons. The molecular weight excluding hydrogens is 520 g/mol. The number of pyridine rings is 3. The van der Waals surface area contributed by atoms with Crippen molar-refractivity contribution in [3.8, 4) is 38.8 Å². The Kier molecular flexibility index (Phi) is 5.90. The molecule has 0 fully saturated rings. The molecule has 7 aromatic rings. The summed E-state index contributed by atoms with van der Waals surface area (Å²) in [6.45, 7) is 2.04. The van der Waals surface area contributed by atoms with Crippen molar-refractivity contribution in [1.29, 1.82) is 0 Å². The van der Waals surface area contributed by atoms with E-state index in [1.165, 1.54) is 11.3 Å². The molecule has 7 rings (SSSR count). The van der Waals surface area contributed by atoms with E-state index >= 15 is 0 Å². The molecule has 0 aliphatic rings. The van der Waals surface area contributed by atoms with Crippen LogP contribution in [-0.2, 0) is 6.61 Å². The summed E-state index contributed by atoms with van der Waals surface area (Å²) >= 11 is 1.45. The van der Waals surface area contributed by atoms with E-state index in [0.717, 1.165) is 54.9 Å². The van der Waals surface area contributed by atoms with Crippen LogP contribution in [0, 0.1) is 0 Å². The van der Waals surface area contributed by atoms with E-state index in [1.54, 1.807) is 31.7 Å². The van der Waals surface area contributed by atoms with E-state index in [1.807, 2.05) is 60.7 Å². The SMILES string of the molecule is CC(=O)c1ccc(-c2nccc3[nH]c(-c4n[nH]c5ncc(-c6cncc(OCc7ccccc7)c6)cc45)cc23)s1. The Balaban J connectivity index is 1.23. The number of benzene rings is 1. The summed E-state index contributed by atoms with van der Waals surface area (Å²) in [5, 5.41) is 9.47. The Morgan fingerprint density at radius 3 is 2.62 bits per heavy atom. The molecule has 0 atom stereocenters. The number of nitrogens with zero attached hydrogens (tertiary/aromatic N) is 4. The normalized spacial score (nSPS) is 11.3. The van der Waals surface area contributed by atoms with Gasteiger partial charge < -0.3 is 9.72 Å². The summed E-state index contributed by atoms with van der Waals surface area (Å²) in [5.74, 6) is 0.735. The van der Waals surface area contributed by atoms with Gasteiger partial charge in [-0.1, -0.05) is 30.3 Å². The Bertz CT molecular complexity index is 2010. The fourth-order valence-electron chi connectivity index (χ4n) is 4.70. The molecule has 0 bridgehead atoms. The summed E-state index contributed by atoms with van der Waals surface area (Å²) in [6, 6.07) is 21.8. The maximum absolute atomic E-state index is 11.8. The molecule has 0 aliphatic carbocycles. The summed E-state index contributed by atoms with van der Waals surface area (Å²) in [7, 11) is 0. The highest BCUT2D eigenvalue weighted by atomic mass is 32.1. The van der Waals surface area contributed by atoms with Crippen molar-refractivity contribution < 1.29 is 9.53 Å². The lowest BCUT2D eigenvalue weighted by atomic mass is 10.1. The van der Waals surface area contributed by atoms with Crippen LogP contribution in [0.3, 0.4) is 0 Å². The van der Waals surface area contributed by atoms with E-state index in [0.29, 0.717) is 22.9 Å². The summed E-state index contributed by atoms with van der Waals surface area (Å²) < 4.78 is 5.99. The van der Waals surface area contributed by atoms with Crippen LogP contribution in [0.1, 0.15) is 22.2 Å². The fraction of sp³-hybridized carbons (Fsp3) is 0.0645. The monoisotopic (exact) mass is 542 g/mol. The number of aromatic amines is 2. The third kappa shape index (κ3) is 4.42. The maximum atomic E-state index is 11.8. The second kappa shape index (κ2) is 9.87. The Hall–Kier alpha value is -5.15. The van der Waals surface area contributed by atoms with Gasteiger partial charge in [-0.2, -0.15) is 5.10 Å². The first-order valence-corrected chi connectivity index (χ1v) is 13.5. The van der Waals surface area contributed by atoms with Gasteiger partial charge in [-0.25, -0.2) is 4.98 Å². The maximum Gasteiger partial charge on any atom is 0.169 e. The van der Waals surface area contributed by atoms with Gasteiger partial charge in [0.1, 0.15) is 18.1 Å². The first kappa shape index (κ1) is 23.9.